The zero-order valence-electron chi connectivity index (χ0n) is 14.9. The Labute approximate surface area is 153 Å². The van der Waals surface area contributed by atoms with Crippen molar-refractivity contribution in [3.63, 3.8) is 0 Å². The second-order valence-electron chi connectivity index (χ2n) is 5.16. The molecule has 0 spiro atoms. The van der Waals surface area contributed by atoms with Crippen molar-refractivity contribution in [1.82, 2.24) is 5.43 Å². The lowest BCUT2D eigenvalue weighted by Crippen LogP contribution is -2.17. The maximum Gasteiger partial charge on any atom is 0.271 e. The quantitative estimate of drug-likeness (QED) is 0.426. The summed E-state index contributed by atoms with van der Waals surface area (Å²) >= 11 is 0. The molecule has 1 amide bonds. The molecular formula is C20H22N2O4. The molecule has 2 rings (SSSR count). The van der Waals surface area contributed by atoms with Gasteiger partial charge in [0.2, 0.25) is 0 Å². The smallest absolute Gasteiger partial charge is 0.271 e. The zero-order chi connectivity index (χ0) is 18.8. The highest BCUT2D eigenvalue weighted by molar-refractivity contribution is 5.95. The van der Waals surface area contributed by atoms with Gasteiger partial charge in [-0.2, -0.15) is 5.10 Å². The van der Waals surface area contributed by atoms with E-state index in [-0.39, 0.29) is 5.91 Å². The first-order valence-corrected chi connectivity index (χ1v) is 8.16. The minimum Gasteiger partial charge on any atom is -0.497 e. The van der Waals surface area contributed by atoms with E-state index in [1.54, 1.807) is 55.7 Å². The van der Waals surface area contributed by atoms with Crippen molar-refractivity contribution in [3.8, 4) is 17.2 Å². The highest BCUT2D eigenvalue weighted by Gasteiger charge is 2.06. The van der Waals surface area contributed by atoms with Gasteiger partial charge in [0.1, 0.15) is 23.9 Å². The molecule has 0 heterocycles. The first-order valence-electron chi connectivity index (χ1n) is 8.16. The van der Waals surface area contributed by atoms with Gasteiger partial charge in [-0.05, 0) is 49.4 Å². The van der Waals surface area contributed by atoms with Gasteiger partial charge in [-0.25, -0.2) is 5.43 Å². The van der Waals surface area contributed by atoms with Crippen LogP contribution in [0.5, 0.6) is 17.2 Å². The molecule has 6 nitrogen and oxygen atoms in total. The molecule has 0 unspecified atom stereocenters. The SMILES string of the molecule is C=CCOc1ccc(C(=O)NN=Cc2cc(OC)ccc2OCC)cc1. The largest absolute Gasteiger partial charge is 0.497 e. The Kier molecular flexibility index (Phi) is 7.24. The second-order valence-corrected chi connectivity index (χ2v) is 5.16. The van der Waals surface area contributed by atoms with Crippen LogP contribution in [0.2, 0.25) is 0 Å². The van der Waals surface area contributed by atoms with E-state index in [2.05, 4.69) is 17.1 Å². The van der Waals surface area contributed by atoms with E-state index in [9.17, 15) is 4.79 Å². The summed E-state index contributed by atoms with van der Waals surface area (Å²) in [5.74, 6) is 1.69. The Morgan fingerprint density at radius 3 is 2.54 bits per heavy atom. The summed E-state index contributed by atoms with van der Waals surface area (Å²) in [6.07, 6.45) is 3.18. The third-order valence-electron chi connectivity index (χ3n) is 3.37. The number of nitrogens with one attached hydrogen (secondary N) is 1. The molecule has 0 saturated heterocycles. The van der Waals surface area contributed by atoms with E-state index in [1.807, 2.05) is 6.92 Å². The monoisotopic (exact) mass is 354 g/mol. The summed E-state index contributed by atoms with van der Waals surface area (Å²) in [6, 6.07) is 12.2. The van der Waals surface area contributed by atoms with Crippen LogP contribution in [-0.2, 0) is 0 Å². The van der Waals surface area contributed by atoms with Crippen LogP contribution in [-0.4, -0.2) is 32.4 Å². The van der Waals surface area contributed by atoms with Gasteiger partial charge in [-0.1, -0.05) is 12.7 Å². The van der Waals surface area contributed by atoms with Crippen LogP contribution in [0.25, 0.3) is 0 Å². The van der Waals surface area contributed by atoms with Gasteiger partial charge in [0.25, 0.3) is 5.91 Å². The standard InChI is InChI=1S/C20H22N2O4/c1-4-12-26-17-8-6-15(7-9-17)20(23)22-21-14-16-13-18(24-3)10-11-19(16)25-5-2/h4,6-11,13-14H,1,5,12H2,2-3H3,(H,22,23). The van der Waals surface area contributed by atoms with Crippen molar-refractivity contribution in [2.24, 2.45) is 5.10 Å². The fourth-order valence-electron chi connectivity index (χ4n) is 2.12. The van der Waals surface area contributed by atoms with E-state index >= 15 is 0 Å². The minimum atomic E-state index is -0.322. The molecule has 0 aliphatic carbocycles. The normalized spacial score (nSPS) is 10.4. The summed E-state index contributed by atoms with van der Waals surface area (Å²) in [7, 11) is 1.58. The van der Waals surface area contributed by atoms with Crippen molar-refractivity contribution in [1.29, 1.82) is 0 Å². The van der Waals surface area contributed by atoms with Gasteiger partial charge in [-0.3, -0.25) is 4.79 Å². The number of rotatable bonds is 9. The molecule has 0 aliphatic rings. The van der Waals surface area contributed by atoms with Crippen LogP contribution in [0, 0.1) is 0 Å². The molecule has 0 bridgehead atoms. The fraction of sp³-hybridized carbons (Fsp3) is 0.200. The average molecular weight is 354 g/mol. The molecule has 0 atom stereocenters. The molecule has 26 heavy (non-hydrogen) atoms. The summed E-state index contributed by atoms with van der Waals surface area (Å²) in [5, 5.41) is 4.00. The second kappa shape index (κ2) is 9.88. The van der Waals surface area contributed by atoms with E-state index in [4.69, 9.17) is 14.2 Å². The van der Waals surface area contributed by atoms with Crippen molar-refractivity contribution >= 4 is 12.1 Å². The first-order chi connectivity index (χ1) is 12.7. The lowest BCUT2D eigenvalue weighted by Gasteiger charge is -2.08. The Bertz CT molecular complexity index is 770. The first kappa shape index (κ1) is 19.1. The summed E-state index contributed by atoms with van der Waals surface area (Å²) in [6.45, 7) is 6.43. The average Bonchev–Trinajstić information content (AvgIpc) is 2.68. The number of hydrogen-bond acceptors (Lipinski definition) is 5. The van der Waals surface area contributed by atoms with Crippen molar-refractivity contribution < 1.29 is 19.0 Å². The number of nitrogens with zero attached hydrogens (tertiary/aromatic N) is 1. The predicted molar refractivity (Wildman–Crippen MR) is 101 cm³/mol. The van der Waals surface area contributed by atoms with Crippen molar-refractivity contribution in [2.75, 3.05) is 20.3 Å². The zero-order valence-corrected chi connectivity index (χ0v) is 14.9. The third kappa shape index (κ3) is 5.37. The van der Waals surface area contributed by atoms with Gasteiger partial charge in [0, 0.05) is 11.1 Å². The molecule has 2 aromatic rings. The van der Waals surface area contributed by atoms with E-state index < -0.39 is 0 Å². The van der Waals surface area contributed by atoms with Gasteiger partial charge in [0.15, 0.2) is 0 Å². The highest BCUT2D eigenvalue weighted by Crippen LogP contribution is 2.22. The number of carbonyl (C=O) groups excluding carboxylic acids is 1. The van der Waals surface area contributed by atoms with Crippen LogP contribution in [0.1, 0.15) is 22.8 Å². The number of hydrazone groups is 1. The molecule has 0 aromatic heterocycles. The van der Waals surface area contributed by atoms with Crippen LogP contribution in [0.4, 0.5) is 0 Å². The fourth-order valence-corrected chi connectivity index (χ4v) is 2.12. The van der Waals surface area contributed by atoms with Crippen molar-refractivity contribution in [2.45, 2.75) is 6.92 Å². The Morgan fingerprint density at radius 2 is 1.88 bits per heavy atom. The molecule has 0 aliphatic heterocycles. The molecule has 0 saturated carbocycles. The van der Waals surface area contributed by atoms with Gasteiger partial charge in [0.05, 0.1) is 19.9 Å². The number of hydrogen-bond donors (Lipinski definition) is 1. The summed E-state index contributed by atoms with van der Waals surface area (Å²) in [5.41, 5.74) is 3.68. The Balaban J connectivity index is 2.03. The molecule has 136 valence electrons. The van der Waals surface area contributed by atoms with E-state index in [0.717, 1.165) is 0 Å². The van der Waals surface area contributed by atoms with Crippen LogP contribution >= 0.6 is 0 Å². The van der Waals surface area contributed by atoms with Gasteiger partial charge >= 0.3 is 0 Å². The number of carbonyl (C=O) groups is 1. The van der Waals surface area contributed by atoms with Crippen LogP contribution < -0.4 is 19.6 Å². The van der Waals surface area contributed by atoms with Crippen LogP contribution in [0.3, 0.4) is 0 Å². The Morgan fingerprint density at radius 1 is 1.15 bits per heavy atom. The Hall–Kier alpha value is -3.28. The van der Waals surface area contributed by atoms with E-state index in [1.165, 1.54) is 6.21 Å². The van der Waals surface area contributed by atoms with Crippen molar-refractivity contribution in [3.05, 3.63) is 66.2 Å². The van der Waals surface area contributed by atoms with Gasteiger partial charge in [-0.15, -0.1) is 0 Å². The number of ether oxygens (including phenoxy) is 3. The van der Waals surface area contributed by atoms with E-state index in [0.29, 0.717) is 41.6 Å². The molecular weight excluding hydrogens is 332 g/mol. The maximum atomic E-state index is 12.2. The lowest BCUT2D eigenvalue weighted by molar-refractivity contribution is 0.0955. The molecule has 2 aromatic carbocycles. The highest BCUT2D eigenvalue weighted by atomic mass is 16.5. The summed E-state index contributed by atoms with van der Waals surface area (Å²) in [4.78, 5) is 12.2. The maximum absolute atomic E-state index is 12.2. The molecule has 1 N–H and O–H groups in total. The summed E-state index contributed by atoms with van der Waals surface area (Å²) < 4.78 is 16.1. The van der Waals surface area contributed by atoms with Gasteiger partial charge < -0.3 is 14.2 Å². The number of methoxy groups -OCH3 is 1. The molecule has 0 fully saturated rings. The minimum absolute atomic E-state index is 0.322. The predicted octanol–water partition coefficient (Wildman–Crippen LogP) is 3.42. The lowest BCUT2D eigenvalue weighted by atomic mass is 10.2. The number of benzene rings is 2. The number of amides is 1. The third-order valence-corrected chi connectivity index (χ3v) is 3.37. The van der Waals surface area contributed by atoms with Crippen LogP contribution in [0.15, 0.2) is 60.2 Å². The molecule has 0 radical (unpaired) electrons. The molecule has 6 heteroatoms. The topological polar surface area (TPSA) is 69.2 Å².